The van der Waals surface area contributed by atoms with Crippen molar-refractivity contribution < 1.29 is 4.92 Å². The molecule has 0 radical (unpaired) electrons. The minimum atomic E-state index is -0.514. The minimum absolute atomic E-state index is 0.105. The molecule has 0 amide bonds. The van der Waals surface area contributed by atoms with Gasteiger partial charge in [-0.15, -0.1) is 0 Å². The number of nitrogens with zero attached hydrogens (tertiary/aromatic N) is 1. The summed E-state index contributed by atoms with van der Waals surface area (Å²) in [6, 6.07) is 9.31. The highest BCUT2D eigenvalue weighted by Gasteiger charge is 2.12. The van der Waals surface area contributed by atoms with Crippen LogP contribution in [0.4, 0.5) is 22.7 Å². The van der Waals surface area contributed by atoms with Gasteiger partial charge in [0.25, 0.3) is 5.69 Å². The van der Waals surface area contributed by atoms with Gasteiger partial charge in [-0.05, 0) is 18.2 Å². The van der Waals surface area contributed by atoms with Crippen molar-refractivity contribution in [2.75, 3.05) is 10.7 Å². The van der Waals surface area contributed by atoms with Gasteiger partial charge < -0.3 is 10.7 Å². The first-order valence-electron chi connectivity index (χ1n) is 5.48. The van der Waals surface area contributed by atoms with Crippen molar-refractivity contribution >= 4 is 46.0 Å². The first-order valence-corrected chi connectivity index (χ1v) is 6.24. The number of non-ortho nitro benzene ring substituents is 1. The highest BCUT2D eigenvalue weighted by atomic mass is 35.5. The summed E-state index contributed by atoms with van der Waals surface area (Å²) in [5, 5.41) is 14.6. The predicted molar refractivity (Wildman–Crippen MR) is 80.7 cm³/mol. The average molecular weight is 313 g/mol. The van der Waals surface area contributed by atoms with E-state index < -0.39 is 4.92 Å². The molecule has 0 unspecified atom stereocenters. The number of anilines is 3. The van der Waals surface area contributed by atoms with Crippen molar-refractivity contribution in [1.82, 2.24) is 0 Å². The van der Waals surface area contributed by atoms with E-state index in [1.165, 1.54) is 12.1 Å². The van der Waals surface area contributed by atoms with E-state index in [4.69, 9.17) is 29.0 Å². The number of nitrogens with one attached hydrogen (secondary N) is 2. The summed E-state index contributed by atoms with van der Waals surface area (Å²) < 4.78 is 0. The van der Waals surface area contributed by atoms with Crippen molar-refractivity contribution in [2.24, 2.45) is 5.84 Å². The normalized spacial score (nSPS) is 10.2. The van der Waals surface area contributed by atoms with E-state index in [9.17, 15) is 10.1 Å². The van der Waals surface area contributed by atoms with Crippen LogP contribution < -0.4 is 16.6 Å². The largest absolute Gasteiger partial charge is 0.353 e. The summed E-state index contributed by atoms with van der Waals surface area (Å²) in [6.07, 6.45) is 0. The highest BCUT2D eigenvalue weighted by Crippen LogP contribution is 2.34. The Kier molecular flexibility index (Phi) is 4.29. The summed E-state index contributed by atoms with van der Waals surface area (Å²) in [4.78, 5) is 10.4. The first kappa shape index (κ1) is 14.4. The number of nitro groups is 1. The third kappa shape index (κ3) is 3.11. The molecule has 6 nitrogen and oxygen atoms in total. The molecule has 2 aromatic rings. The Morgan fingerprint density at radius 2 is 1.70 bits per heavy atom. The molecule has 4 N–H and O–H groups in total. The lowest BCUT2D eigenvalue weighted by atomic mass is 10.2. The molecule has 0 atom stereocenters. The molecule has 8 heteroatoms. The number of para-hydroxylation sites is 1. The molecule has 0 saturated carbocycles. The maximum absolute atomic E-state index is 10.9. The van der Waals surface area contributed by atoms with E-state index in [0.29, 0.717) is 27.1 Å². The van der Waals surface area contributed by atoms with Crippen molar-refractivity contribution in [2.45, 2.75) is 0 Å². The number of halogens is 2. The van der Waals surface area contributed by atoms with Crippen LogP contribution in [0.5, 0.6) is 0 Å². The monoisotopic (exact) mass is 312 g/mol. The van der Waals surface area contributed by atoms with Crippen LogP contribution in [0, 0.1) is 10.1 Å². The minimum Gasteiger partial charge on any atom is -0.353 e. The molecule has 0 heterocycles. The lowest BCUT2D eigenvalue weighted by Gasteiger charge is -2.11. The van der Waals surface area contributed by atoms with Gasteiger partial charge in [0.2, 0.25) is 0 Å². The quantitative estimate of drug-likeness (QED) is 0.452. The van der Waals surface area contributed by atoms with E-state index in [0.717, 1.165) is 0 Å². The van der Waals surface area contributed by atoms with Crippen LogP contribution in [-0.2, 0) is 0 Å². The van der Waals surface area contributed by atoms with E-state index in [2.05, 4.69) is 10.7 Å². The third-order valence-corrected chi connectivity index (χ3v) is 3.16. The Hall–Kier alpha value is -2.02. The number of rotatable bonds is 4. The van der Waals surface area contributed by atoms with Gasteiger partial charge in [-0.2, -0.15) is 0 Å². The van der Waals surface area contributed by atoms with Gasteiger partial charge in [-0.3, -0.25) is 16.0 Å². The maximum atomic E-state index is 10.9. The van der Waals surface area contributed by atoms with Gasteiger partial charge in [0, 0.05) is 17.8 Å². The average Bonchev–Trinajstić information content (AvgIpc) is 2.42. The van der Waals surface area contributed by atoms with Crippen LogP contribution in [0.2, 0.25) is 10.0 Å². The SMILES string of the molecule is NNc1cc(Nc2c(Cl)cccc2Cl)cc([N+](=O)[O-])c1. The van der Waals surface area contributed by atoms with Crippen molar-refractivity contribution in [3.05, 3.63) is 56.6 Å². The molecule has 0 spiro atoms. The van der Waals surface area contributed by atoms with Crippen LogP contribution in [0.15, 0.2) is 36.4 Å². The van der Waals surface area contributed by atoms with Gasteiger partial charge >= 0.3 is 0 Å². The van der Waals surface area contributed by atoms with Crippen LogP contribution in [-0.4, -0.2) is 4.92 Å². The fourth-order valence-electron chi connectivity index (χ4n) is 1.63. The second-order valence-electron chi connectivity index (χ2n) is 3.89. The zero-order valence-electron chi connectivity index (χ0n) is 10.1. The zero-order chi connectivity index (χ0) is 14.7. The van der Waals surface area contributed by atoms with Gasteiger partial charge in [-0.1, -0.05) is 29.3 Å². The van der Waals surface area contributed by atoms with E-state index in [1.54, 1.807) is 24.3 Å². The van der Waals surface area contributed by atoms with Gasteiger partial charge in [0.05, 0.1) is 26.3 Å². The van der Waals surface area contributed by atoms with Crippen LogP contribution in [0.3, 0.4) is 0 Å². The number of hydrogen-bond donors (Lipinski definition) is 3. The third-order valence-electron chi connectivity index (χ3n) is 2.53. The fourth-order valence-corrected chi connectivity index (χ4v) is 2.13. The Balaban J connectivity index is 2.43. The molecular formula is C12H10Cl2N4O2. The van der Waals surface area contributed by atoms with Crippen LogP contribution in [0.25, 0.3) is 0 Å². The molecule has 2 aromatic carbocycles. The summed E-state index contributed by atoms with van der Waals surface area (Å²) in [7, 11) is 0. The van der Waals surface area contributed by atoms with Gasteiger partial charge in [0.1, 0.15) is 0 Å². The van der Waals surface area contributed by atoms with E-state index in [-0.39, 0.29) is 5.69 Å². The second-order valence-corrected chi connectivity index (χ2v) is 4.71. The fraction of sp³-hybridized carbons (Fsp3) is 0. The second kappa shape index (κ2) is 5.96. The van der Waals surface area contributed by atoms with Crippen molar-refractivity contribution in [3.63, 3.8) is 0 Å². The zero-order valence-corrected chi connectivity index (χ0v) is 11.6. The Morgan fingerprint density at radius 1 is 1.10 bits per heavy atom. The van der Waals surface area contributed by atoms with Crippen molar-refractivity contribution in [3.8, 4) is 0 Å². The molecule has 20 heavy (non-hydrogen) atoms. The highest BCUT2D eigenvalue weighted by molar-refractivity contribution is 6.39. The molecule has 0 fully saturated rings. The lowest BCUT2D eigenvalue weighted by Crippen LogP contribution is -2.07. The number of nitro benzene ring substituents is 1. The number of nitrogens with two attached hydrogens (primary N) is 1. The number of nitrogen functional groups attached to an aromatic ring is 1. The summed E-state index contributed by atoms with van der Waals surface area (Å²) in [5.41, 5.74) is 3.57. The molecule has 0 aliphatic heterocycles. The van der Waals surface area contributed by atoms with Gasteiger partial charge in [-0.25, -0.2) is 0 Å². The molecule has 104 valence electrons. The molecule has 0 saturated heterocycles. The van der Waals surface area contributed by atoms with E-state index in [1.807, 2.05) is 0 Å². The van der Waals surface area contributed by atoms with Crippen LogP contribution in [0.1, 0.15) is 0 Å². The molecule has 0 aliphatic carbocycles. The Bertz CT molecular complexity index is 644. The summed E-state index contributed by atoms with van der Waals surface area (Å²) in [5.74, 6) is 5.29. The molecular weight excluding hydrogens is 303 g/mol. The summed E-state index contributed by atoms with van der Waals surface area (Å²) >= 11 is 12.1. The molecule has 2 rings (SSSR count). The van der Waals surface area contributed by atoms with Gasteiger partial charge in [0.15, 0.2) is 0 Å². The first-order chi connectivity index (χ1) is 9.51. The molecule has 0 aliphatic rings. The predicted octanol–water partition coefficient (Wildman–Crippen LogP) is 3.93. The number of hydrogen-bond acceptors (Lipinski definition) is 5. The smallest absolute Gasteiger partial charge is 0.273 e. The van der Waals surface area contributed by atoms with Crippen LogP contribution >= 0.6 is 23.2 Å². The Morgan fingerprint density at radius 3 is 2.25 bits per heavy atom. The maximum Gasteiger partial charge on any atom is 0.273 e. The lowest BCUT2D eigenvalue weighted by molar-refractivity contribution is -0.384. The Labute approximate surface area is 124 Å². The number of benzene rings is 2. The topological polar surface area (TPSA) is 93.2 Å². The van der Waals surface area contributed by atoms with Crippen molar-refractivity contribution in [1.29, 1.82) is 0 Å². The standard InChI is InChI=1S/C12H10Cl2N4O2/c13-10-2-1-3-11(14)12(10)16-7-4-8(17-15)6-9(5-7)18(19)20/h1-6,16-17H,15H2. The molecule has 0 bridgehead atoms. The molecule has 0 aromatic heterocycles. The summed E-state index contributed by atoms with van der Waals surface area (Å²) in [6.45, 7) is 0. The number of hydrazine groups is 1. The van der Waals surface area contributed by atoms with E-state index >= 15 is 0 Å².